The van der Waals surface area contributed by atoms with Gasteiger partial charge in [0.25, 0.3) is 11.5 Å². The Labute approximate surface area is 234 Å². The van der Waals surface area contributed by atoms with E-state index in [1.165, 1.54) is 29.1 Å². The van der Waals surface area contributed by atoms with Crippen molar-refractivity contribution in [2.45, 2.75) is 20.3 Å². The quantitative estimate of drug-likeness (QED) is 0.228. The number of benzene rings is 3. The standard InChI is InChI=1S/C27H23Br2FN4O4/c1-3-24-32-21-10-9-17(28)13-18(21)27(36)34(24)31-14-16-11-19(29)26(23(12-16)37-4-2)38-15-25(35)33-22-8-6-5-7-20(22)30/h5-14H,3-4,15H2,1-2H3,(H,33,35). The fourth-order valence-electron chi connectivity index (χ4n) is 3.62. The van der Waals surface area contributed by atoms with Crippen LogP contribution in [-0.4, -0.2) is 35.0 Å². The predicted octanol–water partition coefficient (Wildman–Crippen LogP) is 5.92. The Bertz CT molecular complexity index is 1590. The summed E-state index contributed by atoms with van der Waals surface area (Å²) in [6.45, 7) is 3.69. The van der Waals surface area contributed by atoms with Gasteiger partial charge in [-0.1, -0.05) is 35.0 Å². The molecule has 1 heterocycles. The molecule has 0 spiro atoms. The lowest BCUT2D eigenvalue weighted by Crippen LogP contribution is -2.22. The average Bonchev–Trinajstić information content (AvgIpc) is 2.89. The van der Waals surface area contributed by atoms with E-state index in [0.29, 0.717) is 51.3 Å². The van der Waals surface area contributed by atoms with Gasteiger partial charge in [-0.3, -0.25) is 9.59 Å². The Kier molecular flexibility index (Phi) is 8.90. The van der Waals surface area contributed by atoms with Crippen molar-refractivity contribution in [1.29, 1.82) is 0 Å². The second-order valence-electron chi connectivity index (χ2n) is 7.98. The molecule has 8 nitrogen and oxygen atoms in total. The van der Waals surface area contributed by atoms with Crippen molar-refractivity contribution in [3.05, 3.63) is 91.1 Å². The summed E-state index contributed by atoms with van der Waals surface area (Å²) in [5.74, 6) is 0.116. The van der Waals surface area contributed by atoms with Gasteiger partial charge >= 0.3 is 0 Å². The smallest absolute Gasteiger partial charge is 0.282 e. The van der Waals surface area contributed by atoms with Crippen LogP contribution in [0.4, 0.5) is 10.1 Å². The number of anilines is 1. The van der Waals surface area contributed by atoms with Crippen LogP contribution in [0, 0.1) is 5.82 Å². The normalized spacial score (nSPS) is 11.2. The van der Waals surface area contributed by atoms with Gasteiger partial charge in [0.05, 0.1) is 33.9 Å². The first-order chi connectivity index (χ1) is 18.3. The van der Waals surface area contributed by atoms with Gasteiger partial charge in [0, 0.05) is 10.9 Å². The van der Waals surface area contributed by atoms with Gasteiger partial charge in [0.2, 0.25) is 0 Å². The fourth-order valence-corrected chi connectivity index (χ4v) is 4.55. The molecule has 1 amide bonds. The first-order valence-corrected chi connectivity index (χ1v) is 13.3. The summed E-state index contributed by atoms with van der Waals surface area (Å²) in [4.78, 5) is 30.1. The zero-order valence-corrected chi connectivity index (χ0v) is 23.7. The van der Waals surface area contributed by atoms with Crippen molar-refractivity contribution in [3.8, 4) is 11.5 Å². The Morgan fingerprint density at radius 3 is 2.66 bits per heavy atom. The highest BCUT2D eigenvalue weighted by atomic mass is 79.9. The molecule has 0 aliphatic heterocycles. The van der Waals surface area contributed by atoms with Crippen molar-refractivity contribution in [2.24, 2.45) is 5.10 Å². The van der Waals surface area contributed by atoms with Crippen LogP contribution in [0.25, 0.3) is 10.9 Å². The number of halogens is 3. The molecule has 0 aliphatic rings. The molecule has 0 bridgehead atoms. The molecule has 0 saturated heterocycles. The predicted molar refractivity (Wildman–Crippen MR) is 152 cm³/mol. The van der Waals surface area contributed by atoms with E-state index in [4.69, 9.17) is 9.47 Å². The number of amides is 1. The van der Waals surface area contributed by atoms with E-state index in [0.717, 1.165) is 4.47 Å². The number of nitrogens with zero attached hydrogens (tertiary/aromatic N) is 3. The molecular weight excluding hydrogens is 623 g/mol. The van der Waals surface area contributed by atoms with Gasteiger partial charge in [0.1, 0.15) is 11.6 Å². The highest BCUT2D eigenvalue weighted by Gasteiger charge is 2.15. The Morgan fingerprint density at radius 2 is 1.92 bits per heavy atom. The van der Waals surface area contributed by atoms with Crippen LogP contribution in [0.15, 0.2) is 73.4 Å². The molecule has 4 aromatic rings. The number of hydrogen-bond donors (Lipinski definition) is 1. The molecule has 1 N–H and O–H groups in total. The number of rotatable bonds is 9. The maximum absolute atomic E-state index is 13.8. The summed E-state index contributed by atoms with van der Waals surface area (Å²) in [5.41, 5.74) is 0.999. The second kappa shape index (κ2) is 12.3. The third-order valence-electron chi connectivity index (χ3n) is 5.34. The molecule has 0 saturated carbocycles. The van der Waals surface area contributed by atoms with Crippen LogP contribution in [-0.2, 0) is 11.2 Å². The van der Waals surface area contributed by atoms with Crippen molar-refractivity contribution in [1.82, 2.24) is 9.66 Å². The van der Waals surface area contributed by atoms with Crippen LogP contribution >= 0.6 is 31.9 Å². The number of para-hydroxylation sites is 1. The van der Waals surface area contributed by atoms with Crippen molar-refractivity contribution >= 4 is 60.6 Å². The summed E-state index contributed by atoms with van der Waals surface area (Å²) in [5, 5.41) is 7.33. The van der Waals surface area contributed by atoms with Crippen molar-refractivity contribution in [2.75, 3.05) is 18.5 Å². The lowest BCUT2D eigenvalue weighted by molar-refractivity contribution is -0.118. The van der Waals surface area contributed by atoms with E-state index >= 15 is 0 Å². The largest absolute Gasteiger partial charge is 0.490 e. The van der Waals surface area contributed by atoms with Gasteiger partial charge in [-0.25, -0.2) is 9.37 Å². The fraction of sp³-hybridized carbons (Fsp3) is 0.185. The van der Waals surface area contributed by atoms with Crippen molar-refractivity contribution in [3.63, 3.8) is 0 Å². The van der Waals surface area contributed by atoms with Gasteiger partial charge in [-0.15, -0.1) is 0 Å². The molecule has 0 aliphatic carbocycles. The number of fused-ring (bicyclic) bond motifs is 1. The first-order valence-electron chi connectivity index (χ1n) is 11.7. The van der Waals surface area contributed by atoms with Crippen LogP contribution in [0.3, 0.4) is 0 Å². The minimum atomic E-state index is -0.541. The number of ether oxygens (including phenoxy) is 2. The number of aryl methyl sites for hydroxylation is 1. The second-order valence-corrected chi connectivity index (χ2v) is 9.75. The van der Waals surface area contributed by atoms with Crippen LogP contribution < -0.4 is 20.3 Å². The lowest BCUT2D eigenvalue weighted by atomic mass is 10.2. The number of carbonyl (C=O) groups excluding carboxylic acids is 1. The number of aromatic nitrogens is 2. The van der Waals surface area contributed by atoms with Gasteiger partial charge in [-0.2, -0.15) is 9.78 Å². The third-order valence-corrected chi connectivity index (χ3v) is 6.42. The lowest BCUT2D eigenvalue weighted by Gasteiger charge is -2.15. The zero-order valence-electron chi connectivity index (χ0n) is 20.5. The molecule has 3 aromatic carbocycles. The number of hydrogen-bond acceptors (Lipinski definition) is 6. The Hall–Kier alpha value is -3.57. The zero-order chi connectivity index (χ0) is 27.2. The van der Waals surface area contributed by atoms with Crippen molar-refractivity contribution < 1.29 is 18.7 Å². The summed E-state index contributed by atoms with van der Waals surface area (Å²) in [6.07, 6.45) is 2.03. The monoisotopic (exact) mass is 644 g/mol. The summed E-state index contributed by atoms with van der Waals surface area (Å²) < 4.78 is 27.8. The van der Waals surface area contributed by atoms with E-state index in [1.807, 2.05) is 19.9 Å². The van der Waals surface area contributed by atoms with E-state index in [-0.39, 0.29) is 17.9 Å². The molecule has 0 radical (unpaired) electrons. The highest BCUT2D eigenvalue weighted by Crippen LogP contribution is 2.36. The van der Waals surface area contributed by atoms with E-state index in [2.05, 4.69) is 47.3 Å². The van der Waals surface area contributed by atoms with Gasteiger partial charge in [-0.05, 0) is 70.9 Å². The highest BCUT2D eigenvalue weighted by molar-refractivity contribution is 9.10. The van der Waals surface area contributed by atoms with Crippen LogP contribution in [0.2, 0.25) is 0 Å². The molecule has 11 heteroatoms. The summed E-state index contributed by atoms with van der Waals surface area (Å²) in [6, 6.07) is 14.6. The molecule has 4 rings (SSSR count). The minimum absolute atomic E-state index is 0.0639. The van der Waals surface area contributed by atoms with E-state index in [1.54, 1.807) is 30.3 Å². The summed E-state index contributed by atoms with van der Waals surface area (Å²) >= 11 is 6.86. The van der Waals surface area contributed by atoms with Gasteiger partial charge in [0.15, 0.2) is 18.1 Å². The molecule has 1 aromatic heterocycles. The Balaban J connectivity index is 1.59. The van der Waals surface area contributed by atoms with Gasteiger partial charge < -0.3 is 14.8 Å². The maximum atomic E-state index is 13.8. The topological polar surface area (TPSA) is 94.8 Å². The maximum Gasteiger partial charge on any atom is 0.282 e. The Morgan fingerprint density at radius 1 is 1.13 bits per heavy atom. The van der Waals surface area contributed by atoms with E-state index < -0.39 is 11.7 Å². The van der Waals surface area contributed by atoms with Crippen LogP contribution in [0.1, 0.15) is 25.2 Å². The third kappa shape index (κ3) is 6.28. The SMILES string of the molecule is CCOc1cc(C=Nn2c(CC)nc3ccc(Br)cc3c2=O)cc(Br)c1OCC(=O)Nc1ccccc1F. The average molecular weight is 646 g/mol. The molecule has 196 valence electrons. The molecule has 0 unspecified atom stereocenters. The minimum Gasteiger partial charge on any atom is -0.490 e. The van der Waals surface area contributed by atoms with Crippen LogP contribution in [0.5, 0.6) is 11.5 Å². The molecule has 0 atom stereocenters. The number of carbonyl (C=O) groups is 1. The van der Waals surface area contributed by atoms with E-state index in [9.17, 15) is 14.0 Å². The molecule has 38 heavy (non-hydrogen) atoms. The molecule has 0 fully saturated rings. The first kappa shape index (κ1) is 27.5. The molecular formula is C27H23Br2FN4O4. The number of nitrogens with one attached hydrogen (secondary N) is 1. The summed E-state index contributed by atoms with van der Waals surface area (Å²) in [7, 11) is 0.